The maximum absolute atomic E-state index is 9.33. The molecule has 1 N–H and O–H groups in total. The van der Waals surface area contributed by atoms with E-state index in [1.165, 1.54) is 0 Å². The van der Waals surface area contributed by atoms with Crippen molar-refractivity contribution in [3.63, 3.8) is 0 Å². The molecular formula is C9H17ClO. The number of halogens is 1. The molecule has 0 amide bonds. The molecule has 1 unspecified atom stereocenters. The van der Waals surface area contributed by atoms with E-state index >= 15 is 0 Å². The van der Waals surface area contributed by atoms with Gasteiger partial charge in [-0.3, -0.25) is 0 Å². The number of hydrogen-bond donors (Lipinski definition) is 1. The Hall–Kier alpha value is -0.0100. The van der Waals surface area contributed by atoms with Gasteiger partial charge in [-0.2, -0.15) is 0 Å². The predicted molar refractivity (Wildman–Crippen MR) is 50.0 cm³/mol. The fourth-order valence-corrected chi connectivity index (χ4v) is 1.02. The maximum atomic E-state index is 9.33. The second-order valence-electron chi connectivity index (χ2n) is 2.98. The first-order chi connectivity index (χ1) is 5.16. The van der Waals surface area contributed by atoms with Crippen molar-refractivity contribution in [2.24, 2.45) is 0 Å². The Kier molecular flexibility index (Phi) is 6.68. The number of hydrogen-bond acceptors (Lipinski definition) is 1. The van der Waals surface area contributed by atoms with Crippen molar-refractivity contribution < 1.29 is 5.11 Å². The van der Waals surface area contributed by atoms with Gasteiger partial charge in [0.05, 0.1) is 6.10 Å². The number of alkyl halides is 1. The lowest BCUT2D eigenvalue weighted by Crippen LogP contribution is -2.06. The lowest BCUT2D eigenvalue weighted by atomic mass is 10.1. The predicted octanol–water partition coefficient (Wildman–Crippen LogP) is 2.72. The molecule has 0 saturated heterocycles. The zero-order valence-electron chi connectivity index (χ0n) is 7.15. The second kappa shape index (κ2) is 6.68. The van der Waals surface area contributed by atoms with E-state index < -0.39 is 0 Å². The highest BCUT2D eigenvalue weighted by molar-refractivity contribution is 6.17. The summed E-state index contributed by atoms with van der Waals surface area (Å²) in [6, 6.07) is 0. The lowest BCUT2D eigenvalue weighted by Gasteiger charge is -2.08. The minimum atomic E-state index is -0.189. The van der Waals surface area contributed by atoms with Crippen LogP contribution in [0.4, 0.5) is 0 Å². The van der Waals surface area contributed by atoms with Crippen LogP contribution in [0.5, 0.6) is 0 Å². The summed E-state index contributed by atoms with van der Waals surface area (Å²) in [5.41, 5.74) is 1.13. The molecule has 0 aromatic rings. The van der Waals surface area contributed by atoms with E-state index in [1.807, 2.05) is 6.92 Å². The van der Waals surface area contributed by atoms with Crippen LogP contribution in [-0.2, 0) is 0 Å². The Morgan fingerprint density at radius 3 is 2.64 bits per heavy atom. The molecule has 0 aliphatic rings. The van der Waals surface area contributed by atoms with Crippen LogP contribution < -0.4 is 0 Å². The van der Waals surface area contributed by atoms with E-state index in [0.717, 1.165) is 31.3 Å². The fourth-order valence-electron chi connectivity index (χ4n) is 0.870. The van der Waals surface area contributed by atoms with E-state index in [0.29, 0.717) is 5.88 Å². The van der Waals surface area contributed by atoms with E-state index in [1.54, 1.807) is 0 Å². The highest BCUT2D eigenvalue weighted by atomic mass is 35.5. The molecule has 0 aliphatic heterocycles. The van der Waals surface area contributed by atoms with Crippen molar-refractivity contribution in [3.05, 3.63) is 12.2 Å². The fraction of sp³-hybridized carbons (Fsp3) is 0.778. The topological polar surface area (TPSA) is 20.2 Å². The third-order valence-corrected chi connectivity index (χ3v) is 1.84. The van der Waals surface area contributed by atoms with Crippen LogP contribution in [-0.4, -0.2) is 17.1 Å². The Labute approximate surface area is 74.1 Å². The minimum absolute atomic E-state index is 0.189. The van der Waals surface area contributed by atoms with Gasteiger partial charge in [0.25, 0.3) is 0 Å². The molecule has 0 aliphatic carbocycles. The average molecular weight is 177 g/mol. The van der Waals surface area contributed by atoms with Gasteiger partial charge in [0.1, 0.15) is 0 Å². The molecule has 2 heteroatoms. The average Bonchev–Trinajstić information content (AvgIpc) is 1.97. The first kappa shape index (κ1) is 11.0. The van der Waals surface area contributed by atoms with Crippen LogP contribution >= 0.6 is 11.6 Å². The Bertz CT molecular complexity index is 112. The highest BCUT2D eigenvalue weighted by Gasteiger charge is 2.02. The molecule has 0 aromatic carbocycles. The van der Waals surface area contributed by atoms with Gasteiger partial charge in [-0.15, -0.1) is 18.2 Å². The molecule has 0 radical (unpaired) electrons. The molecule has 0 rings (SSSR count). The highest BCUT2D eigenvalue weighted by Crippen LogP contribution is 2.09. The number of aliphatic hydroxyl groups excluding tert-OH is 1. The summed E-state index contributed by atoms with van der Waals surface area (Å²) in [6.45, 7) is 5.75. The van der Waals surface area contributed by atoms with Crippen LogP contribution in [0.1, 0.15) is 32.6 Å². The standard InChI is InChI=1S/C9H17ClO/c1-8(2)5-6-9(11)4-3-7-10/h9,11H,1,3-7H2,2H3. The van der Waals surface area contributed by atoms with Gasteiger partial charge in [0, 0.05) is 5.88 Å². The second-order valence-corrected chi connectivity index (χ2v) is 3.36. The molecule has 66 valence electrons. The number of rotatable bonds is 6. The summed E-state index contributed by atoms with van der Waals surface area (Å²) in [5, 5.41) is 9.33. The third kappa shape index (κ3) is 7.89. The van der Waals surface area contributed by atoms with Crippen LogP contribution in [0.25, 0.3) is 0 Å². The molecule has 0 aromatic heterocycles. The number of aliphatic hydroxyl groups is 1. The van der Waals surface area contributed by atoms with Crippen molar-refractivity contribution in [1.29, 1.82) is 0 Å². The summed E-state index contributed by atoms with van der Waals surface area (Å²) >= 11 is 5.48. The Morgan fingerprint density at radius 1 is 1.55 bits per heavy atom. The van der Waals surface area contributed by atoms with E-state index in [-0.39, 0.29) is 6.10 Å². The maximum Gasteiger partial charge on any atom is 0.0543 e. The first-order valence-corrected chi connectivity index (χ1v) is 4.58. The quantitative estimate of drug-likeness (QED) is 0.488. The van der Waals surface area contributed by atoms with Crippen LogP contribution in [0, 0.1) is 0 Å². The normalized spacial score (nSPS) is 13.0. The van der Waals surface area contributed by atoms with Crippen LogP contribution in [0.3, 0.4) is 0 Å². The molecule has 0 bridgehead atoms. The van der Waals surface area contributed by atoms with Crippen molar-refractivity contribution in [2.45, 2.75) is 38.7 Å². The number of allylic oxidation sites excluding steroid dienone is 1. The smallest absolute Gasteiger partial charge is 0.0543 e. The zero-order chi connectivity index (χ0) is 8.69. The van der Waals surface area contributed by atoms with Gasteiger partial charge >= 0.3 is 0 Å². The minimum Gasteiger partial charge on any atom is -0.393 e. The monoisotopic (exact) mass is 176 g/mol. The van der Waals surface area contributed by atoms with Gasteiger partial charge in [0.15, 0.2) is 0 Å². The first-order valence-electron chi connectivity index (χ1n) is 4.05. The largest absolute Gasteiger partial charge is 0.393 e. The third-order valence-electron chi connectivity index (χ3n) is 1.58. The molecular weight excluding hydrogens is 160 g/mol. The van der Waals surface area contributed by atoms with Crippen molar-refractivity contribution in [2.75, 3.05) is 5.88 Å². The molecule has 0 heterocycles. The lowest BCUT2D eigenvalue weighted by molar-refractivity contribution is 0.154. The molecule has 0 spiro atoms. The van der Waals surface area contributed by atoms with Gasteiger partial charge in [-0.05, 0) is 32.6 Å². The summed E-state index contributed by atoms with van der Waals surface area (Å²) in [5.74, 6) is 0.643. The van der Waals surface area contributed by atoms with Crippen molar-refractivity contribution in [3.8, 4) is 0 Å². The van der Waals surface area contributed by atoms with Gasteiger partial charge in [-0.25, -0.2) is 0 Å². The summed E-state index contributed by atoms with van der Waals surface area (Å²) in [6.07, 6.45) is 3.27. The molecule has 1 nitrogen and oxygen atoms in total. The summed E-state index contributed by atoms with van der Waals surface area (Å²) in [7, 11) is 0. The van der Waals surface area contributed by atoms with Gasteiger partial charge in [-0.1, -0.05) is 5.57 Å². The van der Waals surface area contributed by atoms with Crippen molar-refractivity contribution in [1.82, 2.24) is 0 Å². The van der Waals surface area contributed by atoms with Gasteiger partial charge < -0.3 is 5.11 Å². The summed E-state index contributed by atoms with van der Waals surface area (Å²) in [4.78, 5) is 0. The van der Waals surface area contributed by atoms with Gasteiger partial charge in [0.2, 0.25) is 0 Å². The van der Waals surface area contributed by atoms with Crippen LogP contribution in [0.15, 0.2) is 12.2 Å². The van der Waals surface area contributed by atoms with E-state index in [9.17, 15) is 5.11 Å². The van der Waals surface area contributed by atoms with Crippen molar-refractivity contribution >= 4 is 11.6 Å². The summed E-state index contributed by atoms with van der Waals surface area (Å²) < 4.78 is 0. The Morgan fingerprint density at radius 2 is 2.18 bits per heavy atom. The van der Waals surface area contributed by atoms with E-state index in [2.05, 4.69) is 6.58 Å². The Balaban J connectivity index is 3.22. The van der Waals surface area contributed by atoms with Crippen LogP contribution in [0.2, 0.25) is 0 Å². The molecule has 0 fully saturated rings. The molecule has 1 atom stereocenters. The SMILES string of the molecule is C=C(C)CCC(O)CCCCl. The van der Waals surface area contributed by atoms with E-state index in [4.69, 9.17) is 11.6 Å². The zero-order valence-corrected chi connectivity index (χ0v) is 7.90. The molecule has 0 saturated carbocycles. The molecule has 11 heavy (non-hydrogen) atoms.